The van der Waals surface area contributed by atoms with Crippen molar-refractivity contribution >= 4 is 0 Å². The number of nitrogens with zero attached hydrogens (tertiary/aromatic N) is 4. The molecule has 0 fully saturated rings. The van der Waals surface area contributed by atoms with Crippen molar-refractivity contribution in [3.63, 3.8) is 0 Å². The summed E-state index contributed by atoms with van der Waals surface area (Å²) in [5.41, 5.74) is 0.551. The van der Waals surface area contributed by atoms with Crippen LogP contribution >= 0.6 is 0 Å². The minimum Gasteiger partial charge on any atom is -0.480 e. The predicted octanol–water partition coefficient (Wildman–Crippen LogP) is 1.03. The first-order valence-corrected chi connectivity index (χ1v) is 5.63. The van der Waals surface area contributed by atoms with Crippen molar-refractivity contribution in [1.82, 2.24) is 25.7 Å². The fourth-order valence-corrected chi connectivity index (χ4v) is 1.27. The summed E-state index contributed by atoms with van der Waals surface area (Å²) in [7, 11) is 1.54. The van der Waals surface area contributed by atoms with Gasteiger partial charge in [0.15, 0.2) is 0 Å². The first kappa shape index (κ1) is 12.4. The number of aromatic nitrogens is 4. The van der Waals surface area contributed by atoms with E-state index in [4.69, 9.17) is 9.26 Å². The van der Waals surface area contributed by atoms with Crippen LogP contribution in [0, 0.1) is 0 Å². The molecule has 7 heteroatoms. The number of hydrogen-bond acceptors (Lipinski definition) is 7. The molecule has 0 radical (unpaired) electrons. The van der Waals surface area contributed by atoms with Crippen molar-refractivity contribution in [2.24, 2.45) is 0 Å². The van der Waals surface area contributed by atoms with Crippen LogP contribution in [0.1, 0.15) is 19.7 Å². The van der Waals surface area contributed by atoms with Gasteiger partial charge in [0.2, 0.25) is 17.6 Å². The monoisotopic (exact) mass is 249 g/mol. The van der Waals surface area contributed by atoms with Gasteiger partial charge in [-0.25, -0.2) is 0 Å². The molecule has 96 valence electrons. The molecular weight excluding hydrogens is 234 g/mol. The number of nitrogens with one attached hydrogen (secondary N) is 1. The van der Waals surface area contributed by atoms with Crippen molar-refractivity contribution in [2.45, 2.75) is 26.4 Å². The molecule has 0 saturated heterocycles. The van der Waals surface area contributed by atoms with Gasteiger partial charge in [0, 0.05) is 12.1 Å². The van der Waals surface area contributed by atoms with Gasteiger partial charge in [-0.1, -0.05) is 19.0 Å². The molecule has 18 heavy (non-hydrogen) atoms. The molecule has 0 saturated carbocycles. The van der Waals surface area contributed by atoms with Crippen LogP contribution in [0.2, 0.25) is 0 Å². The molecule has 1 N–H and O–H groups in total. The van der Waals surface area contributed by atoms with Gasteiger partial charge in [-0.3, -0.25) is 0 Å². The Morgan fingerprint density at radius 3 is 2.78 bits per heavy atom. The molecule has 0 aliphatic heterocycles. The highest BCUT2D eigenvalue weighted by Gasteiger charge is 2.10. The van der Waals surface area contributed by atoms with Crippen molar-refractivity contribution < 1.29 is 9.26 Å². The second kappa shape index (κ2) is 5.54. The molecular formula is C11H15N5O2. The molecule has 0 unspecified atom stereocenters. The van der Waals surface area contributed by atoms with Crippen LogP contribution in [0.25, 0.3) is 11.5 Å². The summed E-state index contributed by atoms with van der Waals surface area (Å²) in [6.07, 6.45) is 0. The maximum Gasteiger partial charge on any atom is 0.240 e. The molecule has 2 aromatic heterocycles. The molecule has 0 aromatic carbocycles. The Hall–Kier alpha value is -2.02. The maximum atomic E-state index is 5.10. The lowest BCUT2D eigenvalue weighted by Gasteiger charge is -2.02. The number of hydrogen-bond donors (Lipinski definition) is 1. The molecule has 7 nitrogen and oxygen atoms in total. The van der Waals surface area contributed by atoms with Gasteiger partial charge < -0.3 is 14.6 Å². The summed E-state index contributed by atoms with van der Waals surface area (Å²) in [6.45, 7) is 4.63. The summed E-state index contributed by atoms with van der Waals surface area (Å²) in [5, 5.41) is 14.8. The van der Waals surface area contributed by atoms with Gasteiger partial charge in [-0.2, -0.15) is 4.98 Å². The van der Waals surface area contributed by atoms with E-state index in [1.165, 1.54) is 7.11 Å². The zero-order valence-electron chi connectivity index (χ0n) is 10.5. The normalized spacial score (nSPS) is 10.9. The maximum absolute atomic E-state index is 5.10. The summed E-state index contributed by atoms with van der Waals surface area (Å²) >= 11 is 0. The van der Waals surface area contributed by atoms with E-state index < -0.39 is 0 Å². The third kappa shape index (κ3) is 3.01. The Morgan fingerprint density at radius 2 is 2.17 bits per heavy atom. The van der Waals surface area contributed by atoms with Crippen LogP contribution < -0.4 is 10.1 Å². The number of methoxy groups -OCH3 is 1. The zero-order valence-corrected chi connectivity index (χ0v) is 10.5. The van der Waals surface area contributed by atoms with Crippen LogP contribution in [0.5, 0.6) is 5.88 Å². The van der Waals surface area contributed by atoms with Gasteiger partial charge in [-0.05, 0) is 6.07 Å². The Balaban J connectivity index is 2.08. The van der Waals surface area contributed by atoms with E-state index in [-0.39, 0.29) is 0 Å². The molecule has 0 amide bonds. The first-order valence-electron chi connectivity index (χ1n) is 5.63. The minimum atomic E-state index is 0.362. The highest BCUT2D eigenvalue weighted by Crippen LogP contribution is 2.14. The topological polar surface area (TPSA) is 86.0 Å². The molecule has 0 bridgehead atoms. The molecule has 0 atom stereocenters. The Morgan fingerprint density at radius 1 is 1.33 bits per heavy atom. The SMILES string of the molecule is COc1ccc(-c2noc(CNC(C)C)n2)nn1. The van der Waals surface area contributed by atoms with Crippen molar-refractivity contribution in [2.75, 3.05) is 7.11 Å². The van der Waals surface area contributed by atoms with Crippen molar-refractivity contribution in [3.05, 3.63) is 18.0 Å². The van der Waals surface area contributed by atoms with Crippen LogP contribution in [-0.4, -0.2) is 33.5 Å². The molecule has 2 aromatic rings. The summed E-state index contributed by atoms with van der Waals surface area (Å²) in [6, 6.07) is 3.79. The highest BCUT2D eigenvalue weighted by molar-refractivity contribution is 5.47. The lowest BCUT2D eigenvalue weighted by atomic mass is 10.3. The number of ether oxygens (including phenoxy) is 1. The average molecular weight is 249 g/mol. The van der Waals surface area contributed by atoms with E-state index in [1.807, 2.05) is 13.8 Å². The van der Waals surface area contributed by atoms with E-state index in [9.17, 15) is 0 Å². The zero-order chi connectivity index (χ0) is 13.0. The van der Waals surface area contributed by atoms with Gasteiger partial charge in [-0.15, -0.1) is 10.2 Å². The Bertz CT molecular complexity index is 494. The average Bonchev–Trinajstić information content (AvgIpc) is 2.85. The summed E-state index contributed by atoms with van der Waals surface area (Å²) < 4.78 is 10.0. The second-order valence-electron chi connectivity index (χ2n) is 4.01. The molecule has 0 aliphatic rings. The van der Waals surface area contributed by atoms with Gasteiger partial charge in [0.1, 0.15) is 5.69 Å². The third-order valence-corrected chi connectivity index (χ3v) is 2.21. The minimum absolute atomic E-state index is 0.362. The van der Waals surface area contributed by atoms with Crippen LogP contribution in [-0.2, 0) is 6.54 Å². The van der Waals surface area contributed by atoms with E-state index in [1.54, 1.807) is 12.1 Å². The Labute approximate surface area is 105 Å². The van der Waals surface area contributed by atoms with E-state index in [0.29, 0.717) is 35.9 Å². The summed E-state index contributed by atoms with van der Waals surface area (Å²) in [5.74, 6) is 1.39. The second-order valence-corrected chi connectivity index (χ2v) is 4.01. The third-order valence-electron chi connectivity index (χ3n) is 2.21. The van der Waals surface area contributed by atoms with Gasteiger partial charge >= 0.3 is 0 Å². The quantitative estimate of drug-likeness (QED) is 0.846. The van der Waals surface area contributed by atoms with Gasteiger partial charge in [0.25, 0.3) is 0 Å². The fourth-order valence-electron chi connectivity index (χ4n) is 1.27. The molecule has 2 heterocycles. The smallest absolute Gasteiger partial charge is 0.240 e. The van der Waals surface area contributed by atoms with E-state index in [0.717, 1.165) is 0 Å². The van der Waals surface area contributed by atoms with Crippen molar-refractivity contribution in [3.8, 4) is 17.4 Å². The first-order chi connectivity index (χ1) is 8.69. The van der Waals surface area contributed by atoms with E-state index >= 15 is 0 Å². The number of rotatable bonds is 5. The molecule has 0 aliphatic carbocycles. The lowest BCUT2D eigenvalue weighted by Crippen LogP contribution is -2.21. The largest absolute Gasteiger partial charge is 0.480 e. The highest BCUT2D eigenvalue weighted by atomic mass is 16.5. The van der Waals surface area contributed by atoms with Crippen LogP contribution in [0.3, 0.4) is 0 Å². The van der Waals surface area contributed by atoms with Crippen LogP contribution in [0.15, 0.2) is 16.7 Å². The standard InChI is InChI=1S/C11H15N5O2/c1-7(2)12-6-10-13-11(16-18-10)8-4-5-9(17-3)15-14-8/h4-5,7,12H,6H2,1-3H3. The van der Waals surface area contributed by atoms with E-state index in [2.05, 4.69) is 25.7 Å². The van der Waals surface area contributed by atoms with Crippen molar-refractivity contribution in [1.29, 1.82) is 0 Å². The Kier molecular flexibility index (Phi) is 3.83. The predicted molar refractivity (Wildman–Crippen MR) is 63.9 cm³/mol. The fraction of sp³-hybridized carbons (Fsp3) is 0.455. The lowest BCUT2D eigenvalue weighted by molar-refractivity contribution is 0.362. The molecule has 0 spiro atoms. The summed E-state index contributed by atoms with van der Waals surface area (Å²) in [4.78, 5) is 4.22. The molecule has 2 rings (SSSR count). The van der Waals surface area contributed by atoms with Crippen LogP contribution in [0.4, 0.5) is 0 Å². The van der Waals surface area contributed by atoms with Gasteiger partial charge in [0.05, 0.1) is 13.7 Å².